The van der Waals surface area contributed by atoms with Crippen LogP contribution in [0.1, 0.15) is 18.2 Å². The number of aromatic nitrogens is 2. The molecule has 0 fully saturated rings. The lowest BCUT2D eigenvalue weighted by atomic mass is 10.2. The third kappa shape index (κ3) is 3.29. The van der Waals surface area contributed by atoms with E-state index in [-0.39, 0.29) is 0 Å². The van der Waals surface area contributed by atoms with Gasteiger partial charge in [-0.2, -0.15) is 5.10 Å². The van der Waals surface area contributed by atoms with Gasteiger partial charge in [0.2, 0.25) is 0 Å². The van der Waals surface area contributed by atoms with Gasteiger partial charge in [-0.1, -0.05) is 17.7 Å². The Kier molecular flexibility index (Phi) is 4.47. The molecule has 1 aromatic carbocycles. The van der Waals surface area contributed by atoms with Crippen LogP contribution >= 0.6 is 0 Å². The zero-order valence-corrected chi connectivity index (χ0v) is 11.7. The van der Waals surface area contributed by atoms with Gasteiger partial charge in [0.15, 0.2) is 5.82 Å². The molecule has 2 rings (SSSR count). The van der Waals surface area contributed by atoms with Crippen LogP contribution < -0.4 is 10.2 Å². The minimum absolute atomic E-state index is 0.740. The zero-order valence-electron chi connectivity index (χ0n) is 11.7. The van der Waals surface area contributed by atoms with E-state index in [2.05, 4.69) is 58.5 Å². The summed E-state index contributed by atoms with van der Waals surface area (Å²) >= 11 is 0. The normalized spacial score (nSPS) is 10.5. The second-order valence-corrected chi connectivity index (χ2v) is 4.49. The predicted molar refractivity (Wildman–Crippen MR) is 78.7 cm³/mol. The molecule has 1 N–H and O–H groups in total. The van der Waals surface area contributed by atoms with Crippen LogP contribution in [0.5, 0.6) is 0 Å². The number of anilines is 2. The van der Waals surface area contributed by atoms with Crippen molar-refractivity contribution in [2.24, 2.45) is 0 Å². The SMILES string of the molecule is CCN(c1ccc(C)cc1)c1ccc(CNC)nn1. The summed E-state index contributed by atoms with van der Waals surface area (Å²) < 4.78 is 0. The molecule has 19 heavy (non-hydrogen) atoms. The molecule has 0 radical (unpaired) electrons. The molecule has 0 amide bonds. The minimum Gasteiger partial charge on any atom is -0.325 e. The summed E-state index contributed by atoms with van der Waals surface area (Å²) in [7, 11) is 1.90. The number of aryl methyl sites for hydroxylation is 1. The van der Waals surface area contributed by atoms with Crippen LogP contribution in [0.2, 0.25) is 0 Å². The minimum atomic E-state index is 0.740. The Bertz CT molecular complexity index is 505. The highest BCUT2D eigenvalue weighted by Crippen LogP contribution is 2.22. The van der Waals surface area contributed by atoms with Crippen molar-refractivity contribution in [3.05, 3.63) is 47.7 Å². The third-order valence-electron chi connectivity index (χ3n) is 3.00. The van der Waals surface area contributed by atoms with E-state index in [0.717, 1.165) is 30.3 Å². The van der Waals surface area contributed by atoms with Crippen molar-refractivity contribution < 1.29 is 0 Å². The number of benzene rings is 1. The number of nitrogens with one attached hydrogen (secondary N) is 1. The molecule has 0 bridgehead atoms. The second kappa shape index (κ2) is 6.29. The van der Waals surface area contributed by atoms with Gasteiger partial charge in [0, 0.05) is 18.8 Å². The fourth-order valence-corrected chi connectivity index (χ4v) is 1.97. The molecule has 0 atom stereocenters. The average Bonchev–Trinajstić information content (AvgIpc) is 2.44. The van der Waals surface area contributed by atoms with E-state index < -0.39 is 0 Å². The molecule has 1 aromatic heterocycles. The average molecular weight is 256 g/mol. The Labute approximate surface area is 114 Å². The van der Waals surface area contributed by atoms with Crippen molar-refractivity contribution in [2.45, 2.75) is 20.4 Å². The number of nitrogens with zero attached hydrogens (tertiary/aromatic N) is 3. The van der Waals surface area contributed by atoms with Crippen molar-refractivity contribution in [1.29, 1.82) is 0 Å². The van der Waals surface area contributed by atoms with Crippen LogP contribution in [0, 0.1) is 6.92 Å². The van der Waals surface area contributed by atoms with Crippen LogP contribution in [0.25, 0.3) is 0 Å². The molecule has 100 valence electrons. The lowest BCUT2D eigenvalue weighted by Crippen LogP contribution is -2.18. The zero-order chi connectivity index (χ0) is 13.7. The van der Waals surface area contributed by atoms with Gasteiger partial charge in [0.25, 0.3) is 0 Å². The molecule has 0 saturated heterocycles. The third-order valence-corrected chi connectivity index (χ3v) is 3.00. The van der Waals surface area contributed by atoms with Crippen LogP contribution in [-0.2, 0) is 6.54 Å². The maximum absolute atomic E-state index is 4.30. The van der Waals surface area contributed by atoms with Crippen LogP contribution in [-0.4, -0.2) is 23.8 Å². The van der Waals surface area contributed by atoms with Crippen molar-refractivity contribution in [3.8, 4) is 0 Å². The maximum Gasteiger partial charge on any atom is 0.155 e. The molecule has 0 aliphatic rings. The summed E-state index contributed by atoms with van der Waals surface area (Å²) in [5.41, 5.74) is 3.35. The molecule has 1 heterocycles. The summed E-state index contributed by atoms with van der Waals surface area (Å²) in [6, 6.07) is 12.5. The summed E-state index contributed by atoms with van der Waals surface area (Å²) in [6.07, 6.45) is 0. The van der Waals surface area contributed by atoms with Gasteiger partial charge < -0.3 is 10.2 Å². The highest BCUT2D eigenvalue weighted by atomic mass is 15.3. The standard InChI is InChI=1S/C15H20N4/c1-4-19(14-8-5-12(2)6-9-14)15-10-7-13(11-16-3)17-18-15/h5-10,16H,4,11H2,1-3H3. The van der Waals surface area contributed by atoms with E-state index in [9.17, 15) is 0 Å². The molecule has 0 aliphatic heterocycles. The van der Waals surface area contributed by atoms with E-state index in [0.29, 0.717) is 0 Å². The predicted octanol–water partition coefficient (Wildman–Crippen LogP) is 2.66. The van der Waals surface area contributed by atoms with Crippen molar-refractivity contribution in [2.75, 3.05) is 18.5 Å². The van der Waals surface area contributed by atoms with Gasteiger partial charge in [-0.3, -0.25) is 0 Å². The molecule has 4 heteroatoms. The van der Waals surface area contributed by atoms with Crippen LogP contribution in [0.15, 0.2) is 36.4 Å². The fourth-order valence-electron chi connectivity index (χ4n) is 1.97. The van der Waals surface area contributed by atoms with Crippen molar-refractivity contribution >= 4 is 11.5 Å². The largest absolute Gasteiger partial charge is 0.325 e. The van der Waals surface area contributed by atoms with Crippen molar-refractivity contribution in [1.82, 2.24) is 15.5 Å². The van der Waals surface area contributed by atoms with E-state index in [1.54, 1.807) is 0 Å². The van der Waals surface area contributed by atoms with E-state index in [1.165, 1.54) is 5.56 Å². The molecule has 0 spiro atoms. The van der Waals surface area contributed by atoms with Gasteiger partial charge in [-0.05, 0) is 45.2 Å². The Balaban J connectivity index is 2.23. The van der Waals surface area contributed by atoms with Gasteiger partial charge in [-0.15, -0.1) is 5.10 Å². The maximum atomic E-state index is 4.30. The smallest absolute Gasteiger partial charge is 0.155 e. The first-order valence-corrected chi connectivity index (χ1v) is 6.56. The Hall–Kier alpha value is -1.94. The number of rotatable bonds is 5. The summed E-state index contributed by atoms with van der Waals surface area (Å²) in [6.45, 7) is 5.81. The lowest BCUT2D eigenvalue weighted by Gasteiger charge is -2.21. The summed E-state index contributed by atoms with van der Waals surface area (Å²) in [5.74, 6) is 0.881. The summed E-state index contributed by atoms with van der Waals surface area (Å²) in [5, 5.41) is 11.6. The van der Waals surface area contributed by atoms with E-state index >= 15 is 0 Å². The first-order valence-electron chi connectivity index (χ1n) is 6.56. The fraction of sp³-hybridized carbons (Fsp3) is 0.333. The van der Waals surface area contributed by atoms with Gasteiger partial charge in [0.05, 0.1) is 5.69 Å². The van der Waals surface area contributed by atoms with E-state index in [1.807, 2.05) is 19.2 Å². The molecule has 0 saturated carbocycles. The Morgan fingerprint density at radius 3 is 2.32 bits per heavy atom. The first-order chi connectivity index (χ1) is 9.24. The van der Waals surface area contributed by atoms with Gasteiger partial charge >= 0.3 is 0 Å². The van der Waals surface area contributed by atoms with Gasteiger partial charge in [0.1, 0.15) is 0 Å². The highest BCUT2D eigenvalue weighted by Gasteiger charge is 2.08. The quantitative estimate of drug-likeness (QED) is 0.893. The summed E-state index contributed by atoms with van der Waals surface area (Å²) in [4.78, 5) is 2.15. The number of hydrogen-bond donors (Lipinski definition) is 1. The molecular weight excluding hydrogens is 236 g/mol. The molecular formula is C15H20N4. The first kappa shape index (κ1) is 13.5. The number of hydrogen-bond acceptors (Lipinski definition) is 4. The topological polar surface area (TPSA) is 41.0 Å². The molecule has 2 aromatic rings. The molecule has 0 unspecified atom stereocenters. The second-order valence-electron chi connectivity index (χ2n) is 4.49. The Morgan fingerprint density at radius 1 is 1.05 bits per heavy atom. The molecule has 0 aliphatic carbocycles. The Morgan fingerprint density at radius 2 is 1.79 bits per heavy atom. The monoisotopic (exact) mass is 256 g/mol. The highest BCUT2D eigenvalue weighted by molar-refractivity contribution is 5.59. The van der Waals surface area contributed by atoms with E-state index in [4.69, 9.17) is 0 Å². The van der Waals surface area contributed by atoms with Crippen LogP contribution in [0.3, 0.4) is 0 Å². The van der Waals surface area contributed by atoms with Crippen LogP contribution in [0.4, 0.5) is 11.5 Å². The molecule has 4 nitrogen and oxygen atoms in total. The van der Waals surface area contributed by atoms with Gasteiger partial charge in [-0.25, -0.2) is 0 Å². The van der Waals surface area contributed by atoms with Crippen molar-refractivity contribution in [3.63, 3.8) is 0 Å². The lowest BCUT2D eigenvalue weighted by molar-refractivity contribution is 0.764.